The number of hydrogen-bond donors (Lipinski definition) is 2. The van der Waals surface area contributed by atoms with Crippen LogP contribution in [0.25, 0.3) is 0 Å². The minimum Gasteiger partial charge on any atom is -0.380 e. The first-order valence-electron chi connectivity index (χ1n) is 8.65. The summed E-state index contributed by atoms with van der Waals surface area (Å²) in [6, 6.07) is 11.1. The quantitative estimate of drug-likeness (QED) is 0.704. The van der Waals surface area contributed by atoms with E-state index in [0.717, 1.165) is 19.4 Å². The van der Waals surface area contributed by atoms with Gasteiger partial charge in [-0.2, -0.15) is 5.26 Å². The maximum Gasteiger partial charge on any atom is 0.255 e. The largest absolute Gasteiger partial charge is 0.380 e. The van der Waals surface area contributed by atoms with Crippen molar-refractivity contribution in [2.24, 2.45) is 0 Å². The van der Waals surface area contributed by atoms with Gasteiger partial charge < -0.3 is 15.4 Å². The van der Waals surface area contributed by atoms with Crippen LogP contribution in [0.5, 0.6) is 0 Å². The molecule has 6 nitrogen and oxygen atoms in total. The van der Waals surface area contributed by atoms with E-state index in [1.807, 2.05) is 13.0 Å². The van der Waals surface area contributed by atoms with Crippen molar-refractivity contribution >= 4 is 17.4 Å². The average Bonchev–Trinajstić information content (AvgIpc) is 2.65. The lowest BCUT2D eigenvalue weighted by Gasteiger charge is -2.18. The number of nitrogens with zero attached hydrogens (tertiary/aromatic N) is 2. The van der Waals surface area contributed by atoms with Crippen LogP contribution in [0, 0.1) is 18.3 Å². The fourth-order valence-corrected chi connectivity index (χ4v) is 2.63. The standard InChI is InChI=1S/C20H24N4O2/c1-4-5-11-22-19-16(12-21)17(13-26-3)18(14(2)23-19)24-20(25)15-9-7-6-8-10-15/h6-10H,4-5,11,13H2,1-3H3,(H,22,23)(H,24,25). The van der Waals surface area contributed by atoms with E-state index in [1.165, 1.54) is 0 Å². The van der Waals surface area contributed by atoms with E-state index >= 15 is 0 Å². The molecule has 2 rings (SSSR count). The average molecular weight is 352 g/mol. The van der Waals surface area contributed by atoms with E-state index in [9.17, 15) is 10.1 Å². The Morgan fingerprint density at radius 3 is 2.65 bits per heavy atom. The third-order valence-corrected chi connectivity index (χ3v) is 3.98. The molecule has 0 radical (unpaired) electrons. The molecule has 0 saturated carbocycles. The Balaban J connectivity index is 2.41. The number of amides is 1. The molecule has 0 aliphatic heterocycles. The summed E-state index contributed by atoms with van der Waals surface area (Å²) < 4.78 is 5.28. The van der Waals surface area contributed by atoms with E-state index in [0.29, 0.717) is 33.9 Å². The van der Waals surface area contributed by atoms with Gasteiger partial charge in [0.2, 0.25) is 0 Å². The van der Waals surface area contributed by atoms with Crippen LogP contribution in [-0.4, -0.2) is 24.5 Å². The zero-order chi connectivity index (χ0) is 18.9. The number of aryl methyl sites for hydroxylation is 1. The molecule has 1 heterocycles. The topological polar surface area (TPSA) is 87.0 Å². The first kappa shape index (κ1) is 19.4. The van der Waals surface area contributed by atoms with Crippen LogP contribution < -0.4 is 10.6 Å². The molecule has 26 heavy (non-hydrogen) atoms. The van der Waals surface area contributed by atoms with Gasteiger partial charge in [-0.15, -0.1) is 0 Å². The number of pyridine rings is 1. The maximum absolute atomic E-state index is 12.5. The van der Waals surface area contributed by atoms with Crippen molar-refractivity contribution in [1.82, 2.24) is 4.98 Å². The van der Waals surface area contributed by atoms with Gasteiger partial charge in [0, 0.05) is 24.8 Å². The zero-order valence-corrected chi connectivity index (χ0v) is 15.4. The van der Waals surface area contributed by atoms with E-state index in [4.69, 9.17) is 4.74 Å². The predicted molar refractivity (Wildman–Crippen MR) is 102 cm³/mol. The normalized spacial score (nSPS) is 10.2. The Morgan fingerprint density at radius 2 is 2.04 bits per heavy atom. The second-order valence-electron chi connectivity index (χ2n) is 5.92. The molecular formula is C20H24N4O2. The lowest BCUT2D eigenvalue weighted by atomic mass is 10.1. The lowest BCUT2D eigenvalue weighted by molar-refractivity contribution is 0.102. The highest BCUT2D eigenvalue weighted by Gasteiger charge is 2.20. The number of ether oxygens (including phenoxy) is 1. The number of methoxy groups -OCH3 is 1. The molecule has 0 aliphatic rings. The summed E-state index contributed by atoms with van der Waals surface area (Å²) in [7, 11) is 1.56. The molecule has 0 bridgehead atoms. The number of nitriles is 1. The van der Waals surface area contributed by atoms with Crippen molar-refractivity contribution in [3.05, 3.63) is 52.7 Å². The summed E-state index contributed by atoms with van der Waals surface area (Å²) in [4.78, 5) is 17.0. The van der Waals surface area contributed by atoms with Crippen molar-refractivity contribution in [3.8, 4) is 6.07 Å². The van der Waals surface area contributed by atoms with Crippen molar-refractivity contribution in [2.45, 2.75) is 33.3 Å². The molecule has 136 valence electrons. The number of anilines is 2. The number of rotatable bonds is 8. The minimum atomic E-state index is -0.247. The van der Waals surface area contributed by atoms with Crippen molar-refractivity contribution in [3.63, 3.8) is 0 Å². The Labute approximate surface area is 154 Å². The van der Waals surface area contributed by atoms with Gasteiger partial charge in [-0.3, -0.25) is 4.79 Å². The zero-order valence-electron chi connectivity index (χ0n) is 15.4. The fraction of sp³-hybridized carbons (Fsp3) is 0.350. The summed E-state index contributed by atoms with van der Waals surface area (Å²) in [5.41, 5.74) is 2.74. The molecule has 0 unspecified atom stereocenters. The number of nitrogens with one attached hydrogen (secondary N) is 2. The maximum atomic E-state index is 12.5. The van der Waals surface area contributed by atoms with Gasteiger partial charge in [-0.1, -0.05) is 31.5 Å². The molecule has 0 spiro atoms. The molecule has 2 N–H and O–H groups in total. The van der Waals surface area contributed by atoms with Crippen molar-refractivity contribution in [2.75, 3.05) is 24.3 Å². The van der Waals surface area contributed by atoms with Crippen LogP contribution in [0.3, 0.4) is 0 Å². The van der Waals surface area contributed by atoms with Gasteiger partial charge in [0.1, 0.15) is 17.5 Å². The number of aromatic nitrogens is 1. The minimum absolute atomic E-state index is 0.207. The Bertz CT molecular complexity index is 798. The predicted octanol–water partition coefficient (Wildman–Crippen LogP) is 3.87. The summed E-state index contributed by atoms with van der Waals surface area (Å²) in [5.74, 6) is 0.284. The second kappa shape index (κ2) is 9.54. The van der Waals surface area contributed by atoms with Crippen LogP contribution in [0.15, 0.2) is 30.3 Å². The highest BCUT2D eigenvalue weighted by Crippen LogP contribution is 2.29. The van der Waals surface area contributed by atoms with Crippen LogP contribution in [-0.2, 0) is 11.3 Å². The Morgan fingerprint density at radius 1 is 1.31 bits per heavy atom. The summed E-state index contributed by atoms with van der Waals surface area (Å²) in [6.07, 6.45) is 2.03. The number of benzene rings is 1. The lowest BCUT2D eigenvalue weighted by Crippen LogP contribution is -2.17. The van der Waals surface area contributed by atoms with Crippen LogP contribution >= 0.6 is 0 Å². The molecule has 1 amide bonds. The number of unbranched alkanes of at least 4 members (excludes halogenated alkanes) is 1. The fourth-order valence-electron chi connectivity index (χ4n) is 2.63. The number of hydrogen-bond acceptors (Lipinski definition) is 5. The van der Waals surface area contributed by atoms with E-state index in [1.54, 1.807) is 31.4 Å². The molecule has 0 fully saturated rings. The van der Waals surface area contributed by atoms with Crippen LogP contribution in [0.2, 0.25) is 0 Å². The third-order valence-electron chi connectivity index (χ3n) is 3.98. The van der Waals surface area contributed by atoms with E-state index in [-0.39, 0.29) is 12.5 Å². The molecule has 1 aromatic heterocycles. The van der Waals surface area contributed by atoms with E-state index in [2.05, 4.69) is 28.6 Å². The monoisotopic (exact) mass is 352 g/mol. The van der Waals surface area contributed by atoms with Gasteiger partial charge in [-0.25, -0.2) is 4.98 Å². The van der Waals surface area contributed by atoms with Gasteiger partial charge in [-0.05, 0) is 25.5 Å². The van der Waals surface area contributed by atoms with Crippen LogP contribution in [0.4, 0.5) is 11.5 Å². The molecular weight excluding hydrogens is 328 g/mol. The van der Waals surface area contributed by atoms with Crippen molar-refractivity contribution in [1.29, 1.82) is 5.26 Å². The van der Waals surface area contributed by atoms with Crippen LogP contribution in [0.1, 0.15) is 46.9 Å². The Hall–Kier alpha value is -2.91. The number of carbonyl (C=O) groups excluding carboxylic acids is 1. The third kappa shape index (κ3) is 4.58. The van der Waals surface area contributed by atoms with Crippen molar-refractivity contribution < 1.29 is 9.53 Å². The highest BCUT2D eigenvalue weighted by atomic mass is 16.5. The van der Waals surface area contributed by atoms with Gasteiger partial charge >= 0.3 is 0 Å². The molecule has 2 aromatic rings. The van der Waals surface area contributed by atoms with Gasteiger partial charge in [0.15, 0.2) is 0 Å². The summed E-state index contributed by atoms with van der Waals surface area (Å²) in [6.45, 7) is 4.86. The molecule has 0 atom stereocenters. The summed E-state index contributed by atoms with van der Waals surface area (Å²) in [5, 5.41) is 15.8. The molecule has 6 heteroatoms. The SMILES string of the molecule is CCCCNc1nc(C)c(NC(=O)c2ccccc2)c(COC)c1C#N. The molecule has 1 aromatic carbocycles. The Kier molecular flexibility index (Phi) is 7.12. The molecule has 0 saturated heterocycles. The summed E-state index contributed by atoms with van der Waals surface area (Å²) >= 11 is 0. The van der Waals surface area contributed by atoms with E-state index < -0.39 is 0 Å². The highest BCUT2D eigenvalue weighted by molar-refractivity contribution is 6.05. The first-order valence-corrected chi connectivity index (χ1v) is 8.65. The number of carbonyl (C=O) groups is 1. The first-order chi connectivity index (χ1) is 12.6. The second-order valence-corrected chi connectivity index (χ2v) is 5.92. The van der Waals surface area contributed by atoms with Gasteiger partial charge in [0.05, 0.1) is 18.0 Å². The smallest absolute Gasteiger partial charge is 0.255 e. The molecule has 0 aliphatic carbocycles. The van der Waals surface area contributed by atoms with Gasteiger partial charge in [0.25, 0.3) is 5.91 Å².